The summed E-state index contributed by atoms with van der Waals surface area (Å²) in [5.74, 6) is 53.8. The van der Waals surface area contributed by atoms with Crippen LogP contribution in [0.15, 0.2) is 109 Å². The van der Waals surface area contributed by atoms with Crippen molar-refractivity contribution in [1.29, 1.82) is 0 Å². The van der Waals surface area contributed by atoms with Gasteiger partial charge in [0.05, 0.1) is 11.9 Å². The highest BCUT2D eigenvalue weighted by atomic mass is 32.1. The highest BCUT2D eigenvalue weighted by Crippen LogP contribution is 2.29. The van der Waals surface area contributed by atoms with E-state index in [-0.39, 0.29) is 66.4 Å². The summed E-state index contributed by atoms with van der Waals surface area (Å²) in [7, 11) is 1.70. The Kier molecular flexibility index (Phi) is 43.8. The van der Waals surface area contributed by atoms with Gasteiger partial charge in [0.2, 0.25) is 28.8 Å². The first-order valence-corrected chi connectivity index (χ1v) is 44.3. The van der Waals surface area contributed by atoms with Gasteiger partial charge in [0, 0.05) is 131 Å². The van der Waals surface area contributed by atoms with E-state index in [4.69, 9.17) is 13.5 Å². The predicted molar refractivity (Wildman–Crippen MR) is 520 cm³/mol. The Hall–Kier alpha value is -11.2. The van der Waals surface area contributed by atoms with Gasteiger partial charge in [-0.3, -0.25) is 19.7 Å². The second-order valence-electron chi connectivity index (χ2n) is 42.5. The number of likely N-dealkylation sites (tertiary alicyclic amines) is 1. The molecule has 0 saturated carbocycles. The normalized spacial score (nSPS) is 16.6. The van der Waals surface area contributed by atoms with Gasteiger partial charge in [-0.2, -0.15) is 4.98 Å². The van der Waals surface area contributed by atoms with Gasteiger partial charge in [-0.25, -0.2) is 15.0 Å². The molecule has 8 aromatic heterocycles. The molecule has 28 heteroatoms. The van der Waals surface area contributed by atoms with Gasteiger partial charge in [0.25, 0.3) is 11.8 Å². The third-order valence-electron chi connectivity index (χ3n) is 15.9. The lowest BCUT2D eigenvalue weighted by molar-refractivity contribution is -0.148. The van der Waals surface area contributed by atoms with Crippen molar-refractivity contribution in [3.8, 4) is 107 Å². The molecule has 9 atom stereocenters. The molecule has 1 aliphatic heterocycles. The minimum atomic E-state index is -1.46. The number of pyridine rings is 1. The molecule has 1 fully saturated rings. The van der Waals surface area contributed by atoms with E-state index in [1.165, 1.54) is 23.8 Å². The molecule has 9 N–H and O–H groups in total. The summed E-state index contributed by atoms with van der Waals surface area (Å²) in [6, 6.07) is 10.4. The van der Waals surface area contributed by atoms with Crippen LogP contribution in [0.4, 0.5) is 0 Å². The number of hydrogen-bond acceptors (Lipinski definition) is 27. The molecule has 0 aliphatic carbocycles. The van der Waals surface area contributed by atoms with Crippen LogP contribution in [-0.2, 0) is 49.6 Å². The van der Waals surface area contributed by atoms with Gasteiger partial charge >= 0.3 is 0 Å². The third-order valence-corrected chi connectivity index (χ3v) is 16.9. The monoisotopic (exact) mass is 1850 g/mol. The lowest BCUT2D eigenvalue weighted by atomic mass is 9.90. The summed E-state index contributed by atoms with van der Waals surface area (Å²) in [5, 5.41) is 111. The maximum absolute atomic E-state index is 11.7. The average Bonchev–Trinajstić information content (AvgIpc) is 1.55. The first-order valence-electron chi connectivity index (χ1n) is 43.4. The number of carbonyl (C=O) groups is 1. The first-order chi connectivity index (χ1) is 59.9. The molecule has 1 amide bonds. The van der Waals surface area contributed by atoms with Crippen LogP contribution in [0, 0.1) is 176 Å². The number of amides is 1. The van der Waals surface area contributed by atoms with Crippen LogP contribution >= 0.6 is 11.3 Å². The van der Waals surface area contributed by atoms with Crippen LogP contribution in [0.3, 0.4) is 0 Å². The summed E-state index contributed by atoms with van der Waals surface area (Å²) in [6.45, 7) is 72.3. The van der Waals surface area contributed by atoms with Crippen molar-refractivity contribution in [3.63, 3.8) is 0 Å². The minimum Gasteiger partial charge on any atom is -0.421 e. The molecule has 133 heavy (non-hydrogen) atoms. The first kappa shape index (κ1) is 120. The second-order valence-corrected chi connectivity index (χ2v) is 43.3. The third kappa shape index (κ3) is 51.6. The fourth-order valence-corrected chi connectivity index (χ4v) is 9.37. The van der Waals surface area contributed by atoms with Crippen LogP contribution in [0.25, 0.3) is 0 Å². The van der Waals surface area contributed by atoms with E-state index in [1.807, 2.05) is 204 Å². The van der Waals surface area contributed by atoms with E-state index in [0.717, 1.165) is 6.42 Å². The van der Waals surface area contributed by atoms with Crippen LogP contribution in [-0.4, -0.2) is 137 Å². The molecule has 1 aliphatic rings. The number of likely N-dealkylation sites (N-methyl/N-ethyl adjacent to an activating group) is 1. The van der Waals surface area contributed by atoms with Crippen molar-refractivity contribution in [2.45, 2.75) is 326 Å². The van der Waals surface area contributed by atoms with Gasteiger partial charge in [0.15, 0.2) is 45.0 Å². The molecule has 1 saturated heterocycles. The molecular weight excluding hydrogens is 1700 g/mol. The fourth-order valence-electron chi connectivity index (χ4n) is 8.72. The smallest absolute Gasteiger partial charge is 0.266 e. The Bertz CT molecular complexity index is 5100. The van der Waals surface area contributed by atoms with Crippen LogP contribution < -0.4 is 0 Å². The van der Waals surface area contributed by atoms with Crippen molar-refractivity contribution in [1.82, 2.24) is 65.5 Å². The summed E-state index contributed by atoms with van der Waals surface area (Å²) in [6.07, 6.45) is 13.8. The highest BCUT2D eigenvalue weighted by Gasteiger charge is 2.40. The molecule has 9 heterocycles. The number of rotatable bonds is 8. The Morgan fingerprint density at radius 1 is 0.383 bits per heavy atom. The fraction of sp³-hybridized carbons (Fsp3) is 0.571. The quantitative estimate of drug-likeness (QED) is 0.0638. The van der Waals surface area contributed by atoms with Crippen LogP contribution in [0.5, 0.6) is 0 Å². The molecule has 0 spiro atoms. The number of thiazole rings is 1. The number of aromatic nitrogens is 12. The molecule has 27 nitrogen and oxygen atoms in total. The highest BCUT2D eigenvalue weighted by molar-refractivity contribution is 7.09. The van der Waals surface area contributed by atoms with Crippen molar-refractivity contribution in [2.75, 3.05) is 13.6 Å². The predicted octanol–water partition coefficient (Wildman–Crippen LogP) is 16.7. The number of carbonyl (C=O) groups excluding carboxylic acids is 1. The van der Waals surface area contributed by atoms with Gasteiger partial charge in [-0.05, 0) is 280 Å². The Morgan fingerprint density at radius 3 is 1.15 bits per heavy atom. The zero-order valence-electron chi connectivity index (χ0n) is 86.1. The van der Waals surface area contributed by atoms with E-state index in [2.05, 4.69) is 172 Å². The van der Waals surface area contributed by atoms with Gasteiger partial charge in [-0.1, -0.05) is 128 Å². The van der Waals surface area contributed by atoms with Gasteiger partial charge in [-0.15, -0.1) is 21.5 Å². The molecule has 722 valence electrons. The topological polar surface area (TPSA) is 410 Å². The molecule has 9 rings (SSSR count). The van der Waals surface area contributed by atoms with Crippen LogP contribution in [0.1, 0.15) is 318 Å². The SMILES string of the molecule is CC(C)(C)C#CC(C)(O)c1ccccn1.CC(C)(C)C#CC(C)(O)c1ccon1.CC(C)(C)C#CC(C)(O)c1cnccn1.CC(C)(C)C#CC(C)(O)c1ncccn1.CC(C)(C)C#CC(C)(O)c1nccs1.CN1CCCC(O)(C#CC(C)(C)C)C1=O.Cc1cc(C(C)(O)C#CC(C)(C)C)no1.Cc1nc(C(C)(O)C#CC(C)(C)C)no1.Cc1nnc(C(C)(O)C#CC(C)(C)C)o1. The lowest BCUT2D eigenvalue weighted by Gasteiger charge is -2.32. The molecular formula is C105H147N13O14S. The van der Waals surface area contributed by atoms with Crippen LogP contribution in [0.2, 0.25) is 0 Å². The van der Waals surface area contributed by atoms with Crippen molar-refractivity contribution in [2.24, 2.45) is 48.7 Å². The van der Waals surface area contributed by atoms with E-state index < -0.39 is 50.4 Å². The zero-order chi connectivity index (χ0) is 103. The summed E-state index contributed by atoms with van der Waals surface area (Å²) in [5.41, 5.74) is -10.8. The lowest BCUT2D eigenvalue weighted by Crippen LogP contribution is -2.51. The maximum atomic E-state index is 11.7. The largest absolute Gasteiger partial charge is 0.421 e. The van der Waals surface area contributed by atoms with E-state index in [0.29, 0.717) is 64.1 Å². The number of aliphatic hydroxyl groups is 9. The zero-order valence-corrected chi connectivity index (χ0v) is 86.9. The molecule has 0 radical (unpaired) electrons. The van der Waals surface area contributed by atoms with Crippen molar-refractivity contribution < 1.29 is 68.7 Å². The summed E-state index contributed by atoms with van der Waals surface area (Å²) < 4.78 is 19.5. The molecule has 9 unspecified atom stereocenters. The van der Waals surface area contributed by atoms with Crippen molar-refractivity contribution in [3.05, 3.63) is 154 Å². The van der Waals surface area contributed by atoms with Gasteiger partial charge in [0.1, 0.15) is 34.1 Å². The molecule has 8 aromatic rings. The summed E-state index contributed by atoms with van der Waals surface area (Å²) >= 11 is 1.42. The Morgan fingerprint density at radius 2 is 0.789 bits per heavy atom. The van der Waals surface area contributed by atoms with E-state index in [1.54, 1.807) is 150 Å². The van der Waals surface area contributed by atoms with Gasteiger partial charge < -0.3 is 68.8 Å². The summed E-state index contributed by atoms with van der Waals surface area (Å²) in [4.78, 5) is 41.3. The number of aryl methyl sites for hydroxylation is 3. The van der Waals surface area contributed by atoms with Crippen molar-refractivity contribution >= 4 is 17.2 Å². The molecule has 0 aromatic carbocycles. The minimum absolute atomic E-state index is 0.0960. The number of hydrogen-bond donors (Lipinski definition) is 9. The average molecular weight is 1850 g/mol. The van der Waals surface area contributed by atoms with E-state index in [9.17, 15) is 50.8 Å². The van der Waals surface area contributed by atoms with E-state index >= 15 is 0 Å². The Labute approximate surface area is 796 Å². The standard InChI is InChI=1S/C13H17NO.2C12H16N2O.C12H17NO2.C12H19NO2.2C11H16N2O2.C11H15NO2.C11H15NOS/c1-12(2,3)8-9-13(4,15)11-7-5-6-10-14-11;1-11(2,3)6-7-12(4,15)10-13-8-5-9-14-10;1-11(2,3)5-6-12(4,15)10-9-13-7-8-14-10;1-9-8-10(13-15-9)12(5,14)7-6-11(2,3)4;1-11(2,3)7-8-12(15)6-5-9-13(4)10(12)14;1-8-12-13-9(15-8)11(5,14)7-6-10(2,3)4;1-8-12-9(13-15-8)11(5,14)7-6-10(2,3)4;1-10(2,3)6-7-11(4,13)9-5-8-14-12-9;1-10(2,3)5-6-11(4,13)9-12-7-8-14-9/h5-7,10,15H,1-4H3;5,8-9,15H,1-4H3;7-9,15H,1-4H3;8,14H,1-5H3;15H,5-6,9H2,1-4H3;2*14H,1-5H3;5,8,13H,1-4H3;7-8,13H,1-4H3. The number of piperidine rings is 1. The molecule has 0 bridgehead atoms. The maximum Gasteiger partial charge on any atom is 0.266 e. The Balaban J connectivity index is 0.000000748. The second kappa shape index (κ2) is 48.6. The number of nitrogens with zero attached hydrogens (tertiary/aromatic N) is 13.